The molecule has 2 rings (SSSR count). The lowest BCUT2D eigenvalue weighted by Crippen LogP contribution is -2.26. The SMILES string of the molecule is CC(=NNC(N)=S)c1cc2cc(Cl)ccc2oc1=O. The highest BCUT2D eigenvalue weighted by Gasteiger charge is 2.08. The number of hydrazone groups is 1. The van der Waals surface area contributed by atoms with E-state index in [0.717, 1.165) is 0 Å². The van der Waals surface area contributed by atoms with E-state index in [9.17, 15) is 4.79 Å². The zero-order valence-corrected chi connectivity index (χ0v) is 11.5. The molecule has 1 aromatic carbocycles. The molecule has 0 saturated heterocycles. The van der Waals surface area contributed by atoms with Crippen LogP contribution in [0.2, 0.25) is 5.02 Å². The fourth-order valence-electron chi connectivity index (χ4n) is 1.55. The minimum absolute atomic E-state index is 0.0209. The Kier molecular flexibility index (Phi) is 3.82. The first-order valence-corrected chi connectivity index (χ1v) is 6.09. The standard InChI is InChI=1S/C12H10ClN3O2S/c1-6(15-16-12(14)19)9-5-7-4-8(13)2-3-10(7)18-11(9)17/h2-5H,1H3,(H3,14,16,19). The predicted molar refractivity (Wildman–Crippen MR) is 79.6 cm³/mol. The Morgan fingerprint density at radius 1 is 1.47 bits per heavy atom. The summed E-state index contributed by atoms with van der Waals surface area (Å²) in [6, 6.07) is 6.66. The Morgan fingerprint density at radius 2 is 2.21 bits per heavy atom. The second-order valence-corrected chi connectivity index (χ2v) is 4.68. The maximum Gasteiger partial charge on any atom is 0.345 e. The van der Waals surface area contributed by atoms with Crippen LogP contribution in [0.3, 0.4) is 0 Å². The van der Waals surface area contributed by atoms with E-state index in [1.54, 1.807) is 31.2 Å². The van der Waals surface area contributed by atoms with Crippen molar-refractivity contribution in [2.24, 2.45) is 10.8 Å². The van der Waals surface area contributed by atoms with Crippen molar-refractivity contribution in [3.05, 3.63) is 45.3 Å². The largest absolute Gasteiger partial charge is 0.422 e. The van der Waals surface area contributed by atoms with Gasteiger partial charge in [-0.05, 0) is 43.4 Å². The first-order valence-electron chi connectivity index (χ1n) is 5.31. The highest BCUT2D eigenvalue weighted by atomic mass is 35.5. The molecule has 0 aliphatic rings. The van der Waals surface area contributed by atoms with Crippen LogP contribution in [-0.4, -0.2) is 10.8 Å². The van der Waals surface area contributed by atoms with Gasteiger partial charge in [0.25, 0.3) is 0 Å². The quantitative estimate of drug-likeness (QED) is 0.383. The zero-order chi connectivity index (χ0) is 14.0. The summed E-state index contributed by atoms with van der Waals surface area (Å²) >= 11 is 10.5. The lowest BCUT2D eigenvalue weighted by atomic mass is 10.1. The van der Waals surface area contributed by atoms with Gasteiger partial charge in [0.2, 0.25) is 0 Å². The van der Waals surface area contributed by atoms with Crippen molar-refractivity contribution in [3.8, 4) is 0 Å². The van der Waals surface area contributed by atoms with Gasteiger partial charge >= 0.3 is 5.63 Å². The summed E-state index contributed by atoms with van der Waals surface area (Å²) in [5.74, 6) is 0. The third kappa shape index (κ3) is 3.10. The second-order valence-electron chi connectivity index (χ2n) is 3.80. The van der Waals surface area contributed by atoms with Crippen LogP contribution in [0, 0.1) is 0 Å². The molecule has 0 radical (unpaired) electrons. The molecule has 0 bridgehead atoms. The van der Waals surface area contributed by atoms with Gasteiger partial charge in [-0.3, -0.25) is 5.43 Å². The minimum Gasteiger partial charge on any atom is -0.422 e. The minimum atomic E-state index is -0.485. The molecule has 3 N–H and O–H groups in total. The van der Waals surface area contributed by atoms with Crippen molar-refractivity contribution in [2.75, 3.05) is 0 Å². The number of thiocarbonyl (C=S) groups is 1. The van der Waals surface area contributed by atoms with Gasteiger partial charge in [-0.25, -0.2) is 4.79 Å². The van der Waals surface area contributed by atoms with E-state index in [2.05, 4.69) is 22.7 Å². The summed E-state index contributed by atoms with van der Waals surface area (Å²) in [5, 5.41) is 5.19. The third-order valence-corrected chi connectivity index (χ3v) is 2.74. The van der Waals surface area contributed by atoms with E-state index in [1.807, 2.05) is 0 Å². The fourth-order valence-corrected chi connectivity index (χ4v) is 1.77. The van der Waals surface area contributed by atoms with E-state index in [0.29, 0.717) is 27.3 Å². The lowest BCUT2D eigenvalue weighted by Gasteiger charge is -2.03. The van der Waals surface area contributed by atoms with E-state index < -0.39 is 5.63 Å². The van der Waals surface area contributed by atoms with Gasteiger partial charge in [-0.15, -0.1) is 0 Å². The van der Waals surface area contributed by atoms with Crippen molar-refractivity contribution in [1.82, 2.24) is 5.43 Å². The van der Waals surface area contributed by atoms with Gasteiger partial charge in [-0.2, -0.15) is 5.10 Å². The number of hydrogen-bond acceptors (Lipinski definition) is 4. The molecule has 19 heavy (non-hydrogen) atoms. The molecule has 0 fully saturated rings. The topological polar surface area (TPSA) is 80.6 Å². The van der Waals surface area contributed by atoms with E-state index in [4.69, 9.17) is 21.8 Å². The number of nitrogens with zero attached hydrogens (tertiary/aromatic N) is 1. The fraction of sp³-hybridized carbons (Fsp3) is 0.0833. The lowest BCUT2D eigenvalue weighted by molar-refractivity contribution is 0.559. The van der Waals surface area contributed by atoms with E-state index in [1.165, 1.54) is 0 Å². The van der Waals surface area contributed by atoms with Crippen LogP contribution in [0.4, 0.5) is 0 Å². The molecule has 0 unspecified atom stereocenters. The number of benzene rings is 1. The second kappa shape index (κ2) is 5.38. The molecule has 7 heteroatoms. The average molecular weight is 296 g/mol. The van der Waals surface area contributed by atoms with E-state index >= 15 is 0 Å². The van der Waals surface area contributed by atoms with Gasteiger partial charge in [-0.1, -0.05) is 11.6 Å². The van der Waals surface area contributed by atoms with Gasteiger partial charge < -0.3 is 10.2 Å². The van der Waals surface area contributed by atoms with Gasteiger partial charge in [0.1, 0.15) is 5.58 Å². The molecule has 0 saturated carbocycles. The summed E-state index contributed by atoms with van der Waals surface area (Å²) in [4.78, 5) is 11.8. The number of nitrogens with one attached hydrogen (secondary N) is 1. The molecule has 5 nitrogen and oxygen atoms in total. The molecule has 1 aromatic heterocycles. The average Bonchev–Trinajstić information content (AvgIpc) is 2.35. The summed E-state index contributed by atoms with van der Waals surface area (Å²) in [6.07, 6.45) is 0. The summed E-state index contributed by atoms with van der Waals surface area (Å²) in [6.45, 7) is 1.65. The predicted octanol–water partition coefficient (Wildman–Crippen LogP) is 2.00. The van der Waals surface area contributed by atoms with Crippen molar-refractivity contribution >= 4 is 45.6 Å². The normalized spacial score (nSPS) is 11.6. The van der Waals surface area contributed by atoms with Crippen molar-refractivity contribution in [3.63, 3.8) is 0 Å². The number of halogens is 1. The van der Waals surface area contributed by atoms with Gasteiger partial charge in [0.15, 0.2) is 5.11 Å². The molecule has 0 amide bonds. The summed E-state index contributed by atoms with van der Waals surface area (Å²) in [7, 11) is 0. The van der Waals surface area contributed by atoms with Crippen LogP contribution in [0.5, 0.6) is 0 Å². The summed E-state index contributed by atoms with van der Waals surface area (Å²) < 4.78 is 5.19. The third-order valence-electron chi connectivity index (χ3n) is 2.42. The maximum absolute atomic E-state index is 11.8. The Hall–Kier alpha value is -1.92. The van der Waals surface area contributed by atoms with Crippen LogP contribution in [0.1, 0.15) is 12.5 Å². The molecular weight excluding hydrogens is 286 g/mol. The monoisotopic (exact) mass is 295 g/mol. The molecule has 0 aliphatic carbocycles. The van der Waals surface area contributed by atoms with E-state index in [-0.39, 0.29) is 5.11 Å². The molecule has 98 valence electrons. The number of nitrogens with two attached hydrogens (primary N) is 1. The first-order chi connectivity index (χ1) is 8.97. The molecular formula is C12H10ClN3O2S. The van der Waals surface area contributed by atoms with Crippen molar-refractivity contribution in [2.45, 2.75) is 6.92 Å². The molecule has 2 aromatic rings. The Morgan fingerprint density at radius 3 is 2.89 bits per heavy atom. The van der Waals surface area contributed by atoms with Crippen LogP contribution in [-0.2, 0) is 0 Å². The highest BCUT2D eigenvalue weighted by molar-refractivity contribution is 7.80. The van der Waals surface area contributed by atoms with Crippen molar-refractivity contribution in [1.29, 1.82) is 0 Å². The Balaban J connectivity index is 2.54. The van der Waals surface area contributed by atoms with Crippen LogP contribution < -0.4 is 16.8 Å². The van der Waals surface area contributed by atoms with Gasteiger partial charge in [0.05, 0.1) is 11.3 Å². The highest BCUT2D eigenvalue weighted by Crippen LogP contribution is 2.18. The molecule has 1 heterocycles. The number of rotatable bonds is 2. The zero-order valence-electron chi connectivity index (χ0n) is 9.94. The maximum atomic E-state index is 11.8. The molecule has 0 spiro atoms. The Labute approximate surface area is 119 Å². The van der Waals surface area contributed by atoms with Gasteiger partial charge in [0, 0.05) is 10.4 Å². The number of fused-ring (bicyclic) bond motifs is 1. The first kappa shape index (κ1) is 13.5. The van der Waals surface area contributed by atoms with Crippen LogP contribution in [0.25, 0.3) is 11.0 Å². The summed E-state index contributed by atoms with van der Waals surface area (Å²) in [5.41, 5.74) is 8.40. The van der Waals surface area contributed by atoms with Crippen molar-refractivity contribution < 1.29 is 4.42 Å². The Bertz CT molecular complexity index is 739. The number of hydrogen-bond donors (Lipinski definition) is 2. The van der Waals surface area contributed by atoms with Crippen LogP contribution in [0.15, 0.2) is 38.6 Å². The van der Waals surface area contributed by atoms with Crippen LogP contribution >= 0.6 is 23.8 Å². The smallest absolute Gasteiger partial charge is 0.345 e. The molecule has 0 aliphatic heterocycles. The molecule has 0 atom stereocenters.